The Hall–Kier alpha value is -1.84. The van der Waals surface area contributed by atoms with Crippen LogP contribution >= 0.6 is 0 Å². The maximum atomic E-state index is 11.7. The second-order valence-electron chi connectivity index (χ2n) is 3.96. The van der Waals surface area contributed by atoms with Gasteiger partial charge in [-0.3, -0.25) is 10.2 Å². The van der Waals surface area contributed by atoms with Gasteiger partial charge in [0.1, 0.15) is 5.84 Å². The molecule has 1 fully saturated rings. The quantitative estimate of drug-likeness (QED) is 0.582. The zero-order valence-electron chi connectivity index (χ0n) is 9.07. The Balaban J connectivity index is 2.20. The second-order valence-corrected chi connectivity index (χ2v) is 3.96. The minimum absolute atomic E-state index is 0.0523. The average molecular weight is 217 g/mol. The number of nitrogens with one attached hydrogen (secondary N) is 1. The summed E-state index contributed by atoms with van der Waals surface area (Å²) in [5, 5.41) is 7.29. The number of nitrogens with two attached hydrogens (primary N) is 1. The van der Waals surface area contributed by atoms with Crippen molar-refractivity contribution in [1.29, 1.82) is 5.41 Å². The van der Waals surface area contributed by atoms with Gasteiger partial charge in [0.05, 0.1) is 0 Å². The highest BCUT2D eigenvalue weighted by Crippen LogP contribution is 2.20. The van der Waals surface area contributed by atoms with Gasteiger partial charge in [-0.05, 0) is 37.1 Å². The molecule has 0 aliphatic carbocycles. The van der Waals surface area contributed by atoms with E-state index in [2.05, 4.69) is 0 Å². The lowest BCUT2D eigenvalue weighted by molar-refractivity contribution is -0.119. The van der Waals surface area contributed by atoms with Crippen LogP contribution in [-0.4, -0.2) is 18.3 Å². The van der Waals surface area contributed by atoms with Crippen molar-refractivity contribution < 1.29 is 4.79 Å². The number of rotatable bonds is 2. The first-order valence-corrected chi connectivity index (χ1v) is 5.43. The number of piperidine rings is 1. The number of amidine groups is 1. The third kappa shape index (κ3) is 2.05. The van der Waals surface area contributed by atoms with Gasteiger partial charge in [0.15, 0.2) is 0 Å². The molecule has 16 heavy (non-hydrogen) atoms. The molecule has 2 rings (SSSR count). The lowest BCUT2D eigenvalue weighted by atomic mass is 10.1. The van der Waals surface area contributed by atoms with Crippen molar-refractivity contribution in [3.8, 4) is 0 Å². The number of nitrogen functional groups attached to an aromatic ring is 1. The SMILES string of the molecule is N=C(N)c1ccc(N2CCCCC2=O)cc1. The average Bonchev–Trinajstić information content (AvgIpc) is 2.30. The predicted octanol–water partition coefficient (Wildman–Crippen LogP) is 1.49. The van der Waals surface area contributed by atoms with Crippen LogP contribution in [0.4, 0.5) is 5.69 Å². The molecular formula is C12H15N3O. The zero-order valence-corrected chi connectivity index (χ0v) is 9.07. The molecule has 0 spiro atoms. The lowest BCUT2D eigenvalue weighted by Gasteiger charge is -2.26. The van der Waals surface area contributed by atoms with Crippen molar-refractivity contribution in [2.45, 2.75) is 19.3 Å². The highest BCUT2D eigenvalue weighted by molar-refractivity contribution is 5.97. The Bertz CT molecular complexity index is 411. The van der Waals surface area contributed by atoms with E-state index in [1.807, 2.05) is 12.1 Å². The summed E-state index contributed by atoms with van der Waals surface area (Å²) in [6, 6.07) is 7.25. The van der Waals surface area contributed by atoms with Crippen LogP contribution in [0.1, 0.15) is 24.8 Å². The molecule has 0 aromatic heterocycles. The summed E-state index contributed by atoms with van der Waals surface area (Å²) in [4.78, 5) is 13.5. The van der Waals surface area contributed by atoms with Crippen LogP contribution in [0, 0.1) is 5.41 Å². The number of amides is 1. The van der Waals surface area contributed by atoms with Gasteiger partial charge in [-0.2, -0.15) is 0 Å². The number of carbonyl (C=O) groups excluding carboxylic acids is 1. The molecule has 84 valence electrons. The summed E-state index contributed by atoms with van der Waals surface area (Å²) < 4.78 is 0. The van der Waals surface area contributed by atoms with Crippen molar-refractivity contribution in [2.24, 2.45) is 5.73 Å². The maximum absolute atomic E-state index is 11.7. The van der Waals surface area contributed by atoms with E-state index < -0.39 is 0 Å². The van der Waals surface area contributed by atoms with Gasteiger partial charge in [0.25, 0.3) is 0 Å². The number of carbonyl (C=O) groups is 1. The van der Waals surface area contributed by atoms with Crippen LogP contribution in [0.5, 0.6) is 0 Å². The number of anilines is 1. The third-order valence-electron chi connectivity index (χ3n) is 2.81. The van der Waals surface area contributed by atoms with Crippen molar-refractivity contribution in [2.75, 3.05) is 11.4 Å². The van der Waals surface area contributed by atoms with Crippen LogP contribution in [0.2, 0.25) is 0 Å². The molecule has 1 aromatic carbocycles. The minimum atomic E-state index is 0.0523. The molecular weight excluding hydrogens is 202 g/mol. The second kappa shape index (κ2) is 4.35. The first kappa shape index (κ1) is 10.7. The fraction of sp³-hybridized carbons (Fsp3) is 0.333. The number of hydrogen-bond acceptors (Lipinski definition) is 2. The molecule has 0 atom stereocenters. The van der Waals surface area contributed by atoms with Crippen LogP contribution in [0.3, 0.4) is 0 Å². The molecule has 4 nitrogen and oxygen atoms in total. The van der Waals surface area contributed by atoms with E-state index in [0.717, 1.165) is 25.1 Å². The number of nitrogens with zero attached hydrogens (tertiary/aromatic N) is 1. The van der Waals surface area contributed by atoms with Gasteiger partial charge in [0, 0.05) is 24.2 Å². The molecule has 1 aromatic rings. The standard InChI is InChI=1S/C12H15N3O/c13-12(14)9-4-6-10(7-5-9)15-8-2-1-3-11(15)16/h4-7H,1-3,8H2,(H3,13,14). The molecule has 0 unspecified atom stereocenters. The molecule has 1 amide bonds. The predicted molar refractivity (Wildman–Crippen MR) is 63.7 cm³/mol. The summed E-state index contributed by atoms with van der Waals surface area (Å²) in [6.07, 6.45) is 2.68. The van der Waals surface area contributed by atoms with Gasteiger partial charge < -0.3 is 10.6 Å². The number of hydrogen-bond donors (Lipinski definition) is 2. The van der Waals surface area contributed by atoms with E-state index in [1.165, 1.54) is 0 Å². The molecule has 1 heterocycles. The molecule has 0 saturated carbocycles. The summed E-state index contributed by atoms with van der Waals surface area (Å²) in [5.41, 5.74) is 6.96. The van der Waals surface area contributed by atoms with Gasteiger partial charge in [0.2, 0.25) is 5.91 Å². The molecule has 0 radical (unpaired) electrons. The van der Waals surface area contributed by atoms with Crippen LogP contribution in [0.25, 0.3) is 0 Å². The fourth-order valence-electron chi connectivity index (χ4n) is 1.90. The van der Waals surface area contributed by atoms with Gasteiger partial charge in [-0.25, -0.2) is 0 Å². The van der Waals surface area contributed by atoms with Crippen LogP contribution in [0.15, 0.2) is 24.3 Å². The molecule has 3 N–H and O–H groups in total. The molecule has 1 aliphatic rings. The highest BCUT2D eigenvalue weighted by Gasteiger charge is 2.19. The van der Waals surface area contributed by atoms with E-state index >= 15 is 0 Å². The summed E-state index contributed by atoms with van der Waals surface area (Å²) in [7, 11) is 0. The summed E-state index contributed by atoms with van der Waals surface area (Å²) in [6.45, 7) is 0.790. The van der Waals surface area contributed by atoms with E-state index in [4.69, 9.17) is 11.1 Å². The smallest absolute Gasteiger partial charge is 0.226 e. The summed E-state index contributed by atoms with van der Waals surface area (Å²) >= 11 is 0. The third-order valence-corrected chi connectivity index (χ3v) is 2.81. The van der Waals surface area contributed by atoms with E-state index in [-0.39, 0.29) is 11.7 Å². The highest BCUT2D eigenvalue weighted by atomic mass is 16.2. The van der Waals surface area contributed by atoms with E-state index in [9.17, 15) is 4.79 Å². The van der Waals surface area contributed by atoms with Gasteiger partial charge >= 0.3 is 0 Å². The summed E-state index contributed by atoms with van der Waals surface area (Å²) in [5.74, 6) is 0.235. The monoisotopic (exact) mass is 217 g/mol. The Labute approximate surface area is 94.6 Å². The molecule has 4 heteroatoms. The van der Waals surface area contributed by atoms with E-state index in [1.54, 1.807) is 17.0 Å². The Morgan fingerprint density at radius 1 is 1.25 bits per heavy atom. The van der Waals surface area contributed by atoms with E-state index in [0.29, 0.717) is 12.0 Å². The lowest BCUT2D eigenvalue weighted by Crippen LogP contribution is -2.35. The topological polar surface area (TPSA) is 70.2 Å². The van der Waals surface area contributed by atoms with Crippen LogP contribution < -0.4 is 10.6 Å². The minimum Gasteiger partial charge on any atom is -0.384 e. The normalized spacial score (nSPS) is 16.2. The molecule has 0 bridgehead atoms. The Kier molecular flexibility index (Phi) is 2.90. The molecule has 1 aliphatic heterocycles. The Morgan fingerprint density at radius 2 is 1.94 bits per heavy atom. The first-order chi connectivity index (χ1) is 7.68. The Morgan fingerprint density at radius 3 is 2.50 bits per heavy atom. The van der Waals surface area contributed by atoms with Crippen molar-refractivity contribution in [3.05, 3.63) is 29.8 Å². The van der Waals surface area contributed by atoms with Gasteiger partial charge in [-0.15, -0.1) is 0 Å². The molecule has 1 saturated heterocycles. The maximum Gasteiger partial charge on any atom is 0.226 e. The first-order valence-electron chi connectivity index (χ1n) is 5.43. The van der Waals surface area contributed by atoms with Crippen molar-refractivity contribution >= 4 is 17.4 Å². The van der Waals surface area contributed by atoms with Crippen molar-refractivity contribution in [3.63, 3.8) is 0 Å². The zero-order chi connectivity index (χ0) is 11.5. The van der Waals surface area contributed by atoms with Gasteiger partial charge in [-0.1, -0.05) is 0 Å². The largest absolute Gasteiger partial charge is 0.384 e. The van der Waals surface area contributed by atoms with Crippen molar-refractivity contribution in [1.82, 2.24) is 0 Å². The fourth-order valence-corrected chi connectivity index (χ4v) is 1.90. The number of benzene rings is 1. The van der Waals surface area contributed by atoms with Crippen LogP contribution in [-0.2, 0) is 4.79 Å².